The summed E-state index contributed by atoms with van der Waals surface area (Å²) in [5, 5.41) is 9.06. The molecule has 0 atom stereocenters. The van der Waals surface area contributed by atoms with Crippen molar-refractivity contribution in [2.45, 2.75) is 6.92 Å². The van der Waals surface area contributed by atoms with E-state index in [0.29, 0.717) is 0 Å². The fraction of sp³-hybridized carbons (Fsp3) is 0.100. The van der Waals surface area contributed by atoms with Gasteiger partial charge in [-0.2, -0.15) is 15.2 Å². The van der Waals surface area contributed by atoms with Crippen molar-refractivity contribution < 1.29 is 8.78 Å². The van der Waals surface area contributed by atoms with Crippen molar-refractivity contribution in [3.8, 4) is 11.8 Å². The van der Waals surface area contributed by atoms with Crippen molar-refractivity contribution >= 4 is 34.4 Å². The summed E-state index contributed by atoms with van der Waals surface area (Å²) < 4.78 is 30.2. The lowest BCUT2D eigenvalue weighted by Crippen LogP contribution is -2.31. The number of anilines is 4. The van der Waals surface area contributed by atoms with Gasteiger partial charge >= 0.3 is 0 Å². The van der Waals surface area contributed by atoms with Gasteiger partial charge in [-0.25, -0.2) is 18.3 Å². The van der Waals surface area contributed by atoms with Gasteiger partial charge < -0.3 is 11.5 Å². The molecule has 0 spiro atoms. The fourth-order valence-electron chi connectivity index (χ4n) is 3.28. The van der Waals surface area contributed by atoms with Crippen LogP contribution in [0.2, 0.25) is 0 Å². The first-order chi connectivity index (χ1) is 15.4. The third kappa shape index (κ3) is 3.21. The molecule has 0 aliphatic heterocycles. The Labute approximate surface area is 179 Å². The summed E-state index contributed by atoms with van der Waals surface area (Å²) in [6, 6.07) is 6.74. The maximum Gasteiger partial charge on any atom is 0.270 e. The van der Waals surface area contributed by atoms with Gasteiger partial charge in [-0.05, 0) is 31.2 Å². The highest BCUT2D eigenvalue weighted by Gasteiger charge is 2.26. The predicted octanol–water partition coefficient (Wildman–Crippen LogP) is 2.04. The summed E-state index contributed by atoms with van der Waals surface area (Å²) in [7, 11) is 0. The third-order valence-corrected chi connectivity index (χ3v) is 4.67. The molecule has 160 valence electrons. The average molecular weight is 435 g/mol. The highest BCUT2D eigenvalue weighted by Crippen LogP contribution is 2.30. The number of fused-ring (bicyclic) bond motifs is 1. The van der Waals surface area contributed by atoms with Crippen LogP contribution in [-0.4, -0.2) is 31.0 Å². The number of pyridine rings is 1. The van der Waals surface area contributed by atoms with Crippen LogP contribution in [-0.2, 0) is 0 Å². The standard InChI is InChI=1S/C20H15F2N9O/c1-2-30(17-11(8-23)16(24)28-19(25)29-17)20-27-15-13(22)6-5-12(21)14(15)18(32)31(20)10-4-3-7-26-9-10/h3-7,9H,2H2,1H3,(H4,24,25,28,29). The minimum Gasteiger partial charge on any atom is -0.382 e. The van der Waals surface area contributed by atoms with Gasteiger partial charge in [0, 0.05) is 12.7 Å². The molecule has 4 aromatic rings. The largest absolute Gasteiger partial charge is 0.382 e. The Kier molecular flexibility index (Phi) is 5.07. The van der Waals surface area contributed by atoms with Gasteiger partial charge in [-0.15, -0.1) is 0 Å². The number of nitrogen functional groups attached to an aromatic ring is 2. The molecule has 0 aliphatic rings. The smallest absolute Gasteiger partial charge is 0.270 e. The molecule has 4 N–H and O–H groups in total. The summed E-state index contributed by atoms with van der Waals surface area (Å²) in [6.07, 6.45) is 2.84. The maximum absolute atomic E-state index is 14.6. The summed E-state index contributed by atoms with van der Waals surface area (Å²) >= 11 is 0. The molecule has 0 fully saturated rings. The van der Waals surface area contributed by atoms with E-state index in [1.54, 1.807) is 19.1 Å². The lowest BCUT2D eigenvalue weighted by atomic mass is 10.2. The zero-order valence-corrected chi connectivity index (χ0v) is 16.6. The summed E-state index contributed by atoms with van der Waals surface area (Å²) in [6.45, 7) is 1.79. The molecule has 3 heterocycles. The molecule has 12 heteroatoms. The quantitative estimate of drug-likeness (QED) is 0.490. The number of halogens is 2. The van der Waals surface area contributed by atoms with Crippen LogP contribution in [0, 0.1) is 23.0 Å². The number of nitriles is 1. The van der Waals surface area contributed by atoms with Crippen LogP contribution in [0.5, 0.6) is 0 Å². The second kappa shape index (κ2) is 7.88. The normalized spacial score (nSPS) is 10.8. The first kappa shape index (κ1) is 20.6. The van der Waals surface area contributed by atoms with Crippen molar-refractivity contribution in [2.24, 2.45) is 0 Å². The van der Waals surface area contributed by atoms with Crippen LogP contribution in [0.3, 0.4) is 0 Å². The number of aromatic nitrogens is 5. The fourth-order valence-corrected chi connectivity index (χ4v) is 3.28. The van der Waals surface area contributed by atoms with Crippen LogP contribution in [0.1, 0.15) is 12.5 Å². The van der Waals surface area contributed by atoms with Gasteiger partial charge in [-0.1, -0.05) is 0 Å². The third-order valence-electron chi connectivity index (χ3n) is 4.67. The van der Waals surface area contributed by atoms with E-state index in [1.165, 1.54) is 17.3 Å². The van der Waals surface area contributed by atoms with Crippen molar-refractivity contribution in [2.75, 3.05) is 22.9 Å². The molecule has 0 saturated heterocycles. The molecule has 0 unspecified atom stereocenters. The molecular weight excluding hydrogens is 420 g/mol. The van der Waals surface area contributed by atoms with E-state index in [4.69, 9.17) is 11.5 Å². The highest BCUT2D eigenvalue weighted by molar-refractivity contribution is 5.82. The predicted molar refractivity (Wildman–Crippen MR) is 113 cm³/mol. The number of nitrogens with two attached hydrogens (primary N) is 2. The zero-order chi connectivity index (χ0) is 23.0. The van der Waals surface area contributed by atoms with Gasteiger partial charge in [0.2, 0.25) is 11.9 Å². The van der Waals surface area contributed by atoms with E-state index in [2.05, 4.69) is 19.9 Å². The number of hydrogen-bond acceptors (Lipinski definition) is 9. The maximum atomic E-state index is 14.6. The van der Waals surface area contributed by atoms with Gasteiger partial charge in [0.05, 0.1) is 11.9 Å². The average Bonchev–Trinajstić information content (AvgIpc) is 2.77. The molecule has 4 rings (SSSR count). The van der Waals surface area contributed by atoms with Gasteiger partial charge in [0.1, 0.15) is 40.0 Å². The van der Waals surface area contributed by atoms with E-state index < -0.39 is 28.1 Å². The Hall–Kier alpha value is -4.66. The lowest BCUT2D eigenvalue weighted by molar-refractivity contribution is 0.612. The molecular formula is C20H15F2N9O. The molecule has 0 radical (unpaired) electrons. The van der Waals surface area contributed by atoms with Crippen LogP contribution in [0.25, 0.3) is 16.6 Å². The second-order valence-electron chi connectivity index (χ2n) is 6.54. The van der Waals surface area contributed by atoms with E-state index in [1.807, 2.05) is 6.07 Å². The van der Waals surface area contributed by atoms with Crippen LogP contribution in [0.4, 0.5) is 32.3 Å². The Bertz CT molecular complexity index is 1450. The monoisotopic (exact) mass is 435 g/mol. The first-order valence-corrected chi connectivity index (χ1v) is 9.29. The van der Waals surface area contributed by atoms with E-state index in [9.17, 15) is 18.8 Å². The molecule has 1 aromatic carbocycles. The molecule has 0 saturated carbocycles. The van der Waals surface area contributed by atoms with E-state index in [0.717, 1.165) is 16.7 Å². The molecule has 0 amide bonds. The van der Waals surface area contributed by atoms with Crippen LogP contribution < -0.4 is 21.9 Å². The number of rotatable bonds is 4. The Morgan fingerprint density at radius 1 is 1.16 bits per heavy atom. The Morgan fingerprint density at radius 2 is 1.91 bits per heavy atom. The summed E-state index contributed by atoms with van der Waals surface area (Å²) in [5.74, 6) is -2.40. The minimum atomic E-state index is -0.931. The van der Waals surface area contributed by atoms with E-state index in [-0.39, 0.29) is 41.3 Å². The van der Waals surface area contributed by atoms with Crippen molar-refractivity contribution in [3.63, 3.8) is 0 Å². The highest BCUT2D eigenvalue weighted by atomic mass is 19.1. The first-order valence-electron chi connectivity index (χ1n) is 9.29. The Balaban J connectivity index is 2.16. The Morgan fingerprint density at radius 3 is 2.56 bits per heavy atom. The van der Waals surface area contributed by atoms with Gasteiger partial charge in [-0.3, -0.25) is 14.7 Å². The summed E-state index contributed by atoms with van der Waals surface area (Å²) in [4.78, 5) is 30.8. The van der Waals surface area contributed by atoms with Gasteiger partial charge in [0.25, 0.3) is 5.56 Å². The van der Waals surface area contributed by atoms with Crippen molar-refractivity contribution in [3.05, 3.63) is 64.2 Å². The number of nitrogens with zero attached hydrogens (tertiary/aromatic N) is 7. The lowest BCUT2D eigenvalue weighted by Gasteiger charge is -2.25. The molecule has 3 aromatic heterocycles. The van der Waals surface area contributed by atoms with Crippen molar-refractivity contribution in [1.82, 2.24) is 24.5 Å². The minimum absolute atomic E-state index is 0.0410. The SMILES string of the molecule is CCN(c1nc(N)nc(N)c1C#N)c1nc2c(F)ccc(F)c2c(=O)n1-c1cccnc1. The summed E-state index contributed by atoms with van der Waals surface area (Å²) in [5.41, 5.74) is 10.3. The molecule has 0 bridgehead atoms. The molecule has 10 nitrogen and oxygen atoms in total. The topological polar surface area (TPSA) is 153 Å². The molecule has 32 heavy (non-hydrogen) atoms. The number of hydrogen-bond donors (Lipinski definition) is 2. The van der Waals surface area contributed by atoms with E-state index >= 15 is 0 Å². The van der Waals surface area contributed by atoms with Crippen LogP contribution in [0.15, 0.2) is 41.5 Å². The van der Waals surface area contributed by atoms with Crippen LogP contribution >= 0.6 is 0 Å². The second-order valence-corrected chi connectivity index (χ2v) is 6.54. The zero-order valence-electron chi connectivity index (χ0n) is 16.6. The number of benzene rings is 1. The van der Waals surface area contributed by atoms with Crippen molar-refractivity contribution in [1.29, 1.82) is 5.26 Å². The molecule has 0 aliphatic carbocycles. The van der Waals surface area contributed by atoms with Gasteiger partial charge in [0.15, 0.2) is 5.82 Å².